The van der Waals surface area contributed by atoms with Gasteiger partial charge in [-0.15, -0.1) is 0 Å². The summed E-state index contributed by atoms with van der Waals surface area (Å²) in [5, 5.41) is 15.6. The Kier molecular flexibility index (Phi) is 9.81. The van der Waals surface area contributed by atoms with Gasteiger partial charge in [0.2, 0.25) is 0 Å². The van der Waals surface area contributed by atoms with Crippen LogP contribution in [-0.4, -0.2) is 77.3 Å². The summed E-state index contributed by atoms with van der Waals surface area (Å²) in [6.45, 7) is 3.52. The van der Waals surface area contributed by atoms with Gasteiger partial charge in [0.25, 0.3) is 0 Å². The lowest BCUT2D eigenvalue weighted by Crippen LogP contribution is -2.51. The number of halogens is 3. The molecule has 2 fully saturated rings. The maximum atomic E-state index is 15.0. The Hall–Kier alpha value is -3.41. The summed E-state index contributed by atoms with van der Waals surface area (Å²) in [6.07, 6.45) is 1.82. The monoisotopic (exact) mass is 585 g/mol. The van der Waals surface area contributed by atoms with Crippen molar-refractivity contribution in [3.05, 3.63) is 77.8 Å². The number of carbonyl (C=O) groups is 1. The van der Waals surface area contributed by atoms with E-state index in [4.69, 9.17) is 9.72 Å². The highest BCUT2D eigenvalue weighted by Crippen LogP contribution is 2.38. The molecule has 0 radical (unpaired) electrons. The van der Waals surface area contributed by atoms with Crippen molar-refractivity contribution in [3.63, 3.8) is 0 Å². The molecule has 42 heavy (non-hydrogen) atoms. The summed E-state index contributed by atoms with van der Waals surface area (Å²) in [7, 11) is 0. The maximum absolute atomic E-state index is 15.0. The van der Waals surface area contributed by atoms with Gasteiger partial charge in [-0.2, -0.15) is 0 Å². The largest absolute Gasteiger partial charge is 0.394 e. The molecule has 1 unspecified atom stereocenters. The number of imidazole rings is 1. The predicted molar refractivity (Wildman–Crippen MR) is 152 cm³/mol. The van der Waals surface area contributed by atoms with E-state index >= 15 is 0 Å². The number of hydrogen-bond donors (Lipinski definition) is 3. The summed E-state index contributed by atoms with van der Waals surface area (Å²) in [5.41, 5.74) is 1.22. The third-order valence-electron chi connectivity index (χ3n) is 8.11. The highest BCUT2D eigenvalue weighted by Gasteiger charge is 2.40. The fourth-order valence-corrected chi connectivity index (χ4v) is 5.83. The Morgan fingerprint density at radius 1 is 1.19 bits per heavy atom. The molecule has 2 saturated heterocycles. The summed E-state index contributed by atoms with van der Waals surface area (Å²) in [4.78, 5) is 20.4. The second-order valence-electron chi connectivity index (χ2n) is 11.2. The van der Waals surface area contributed by atoms with E-state index in [1.54, 1.807) is 18.0 Å². The number of aliphatic hydroxyl groups is 1. The van der Waals surface area contributed by atoms with Crippen molar-refractivity contribution in [1.82, 2.24) is 25.1 Å². The first-order valence-corrected chi connectivity index (χ1v) is 14.5. The quantitative estimate of drug-likeness (QED) is 0.330. The molecule has 0 bridgehead atoms. The molecule has 0 saturated carbocycles. The highest BCUT2D eigenvalue weighted by atomic mass is 19.1. The van der Waals surface area contributed by atoms with Crippen molar-refractivity contribution in [2.24, 2.45) is 11.8 Å². The van der Waals surface area contributed by atoms with Gasteiger partial charge < -0.3 is 29.9 Å². The number of ether oxygens (including phenoxy) is 1. The predicted octanol–water partition coefficient (Wildman–Crippen LogP) is 4.29. The van der Waals surface area contributed by atoms with Crippen molar-refractivity contribution < 1.29 is 27.8 Å². The first kappa shape index (κ1) is 30.1. The summed E-state index contributed by atoms with van der Waals surface area (Å²) in [6, 6.07) is 11.3. The number of nitrogens with zero attached hydrogens (tertiary/aromatic N) is 3. The lowest BCUT2D eigenvalue weighted by Gasteiger charge is -2.40. The molecular weight excluding hydrogens is 547 g/mol. The van der Waals surface area contributed by atoms with Gasteiger partial charge in [0.1, 0.15) is 23.6 Å². The minimum absolute atomic E-state index is 0.0162. The molecule has 4 atom stereocenters. The number of urea groups is 1. The van der Waals surface area contributed by atoms with E-state index in [1.165, 1.54) is 0 Å². The van der Waals surface area contributed by atoms with Gasteiger partial charge in [-0.05, 0) is 49.4 Å². The third-order valence-corrected chi connectivity index (χ3v) is 8.11. The van der Waals surface area contributed by atoms with Gasteiger partial charge in [0.05, 0.1) is 24.4 Å². The Morgan fingerprint density at radius 2 is 1.95 bits per heavy atom. The zero-order chi connectivity index (χ0) is 29.6. The zero-order valence-electron chi connectivity index (χ0n) is 23.7. The SMILES string of the molecule is CC(CO)NC(=O)N(C[C@@H]1CNC[C@@H]1F)[C@@H](c1nc(-c2cc(F)ccc2F)cn1Cc1ccccc1)C1CCOCC1. The first-order valence-electron chi connectivity index (χ1n) is 14.5. The van der Waals surface area contributed by atoms with Gasteiger partial charge in [-0.3, -0.25) is 0 Å². The van der Waals surface area contributed by atoms with E-state index in [-0.39, 0.29) is 36.9 Å². The van der Waals surface area contributed by atoms with Gasteiger partial charge >= 0.3 is 6.03 Å². The summed E-state index contributed by atoms with van der Waals surface area (Å²) < 4.78 is 51.7. The standard InChI is InChI=1S/C31H38F3N5O3/c1-20(19-40)36-31(41)39(17-23-14-35-15-27(23)34)29(22-9-11-42-12-10-22)30-37-28(25-13-24(32)7-8-26(25)33)18-38(30)16-21-5-3-2-4-6-21/h2-8,13,18,20,22-23,27,29,35,40H,9-12,14-17,19H2,1H3,(H,36,41)/t20?,23-,27-,29+/m0/s1. The van der Waals surface area contributed by atoms with Crippen LogP contribution < -0.4 is 10.6 Å². The van der Waals surface area contributed by atoms with Gasteiger partial charge in [0.15, 0.2) is 0 Å². The number of aliphatic hydroxyl groups excluding tert-OH is 1. The molecule has 1 aromatic heterocycles. The number of carbonyl (C=O) groups excluding carboxylic acids is 1. The van der Waals surface area contributed by atoms with Crippen LogP contribution in [0.3, 0.4) is 0 Å². The number of aromatic nitrogens is 2. The van der Waals surface area contributed by atoms with Crippen LogP contribution >= 0.6 is 0 Å². The van der Waals surface area contributed by atoms with Crippen LogP contribution in [0.1, 0.15) is 37.2 Å². The molecule has 2 amide bonds. The average Bonchev–Trinajstić information content (AvgIpc) is 3.60. The maximum Gasteiger partial charge on any atom is 0.318 e. The third kappa shape index (κ3) is 6.96. The van der Waals surface area contributed by atoms with Crippen LogP contribution in [0.25, 0.3) is 11.3 Å². The van der Waals surface area contributed by atoms with Gasteiger partial charge in [0, 0.05) is 57.1 Å². The van der Waals surface area contributed by atoms with E-state index < -0.39 is 41.8 Å². The van der Waals surface area contributed by atoms with Crippen molar-refractivity contribution in [1.29, 1.82) is 0 Å². The minimum Gasteiger partial charge on any atom is -0.394 e. The molecule has 0 aliphatic carbocycles. The Bertz CT molecular complexity index is 1330. The molecule has 0 spiro atoms. The molecule has 3 aromatic rings. The molecule has 11 heteroatoms. The van der Waals surface area contributed by atoms with E-state index in [0.717, 1.165) is 23.8 Å². The fourth-order valence-electron chi connectivity index (χ4n) is 5.83. The second kappa shape index (κ2) is 13.7. The minimum atomic E-state index is -1.13. The van der Waals surface area contributed by atoms with E-state index in [9.17, 15) is 23.1 Å². The van der Waals surface area contributed by atoms with Crippen LogP contribution in [0.15, 0.2) is 54.7 Å². The van der Waals surface area contributed by atoms with Crippen molar-refractivity contribution >= 4 is 6.03 Å². The van der Waals surface area contributed by atoms with E-state index in [1.807, 2.05) is 34.9 Å². The van der Waals surface area contributed by atoms with Crippen LogP contribution in [0.2, 0.25) is 0 Å². The molecule has 2 aromatic carbocycles. The van der Waals surface area contributed by atoms with E-state index in [2.05, 4.69) is 10.6 Å². The molecule has 8 nitrogen and oxygen atoms in total. The lowest BCUT2D eigenvalue weighted by molar-refractivity contribution is 0.0253. The normalized spacial score (nSPS) is 20.8. The highest BCUT2D eigenvalue weighted by molar-refractivity contribution is 5.75. The number of benzene rings is 2. The van der Waals surface area contributed by atoms with Crippen LogP contribution in [-0.2, 0) is 11.3 Å². The molecule has 3 heterocycles. The number of rotatable bonds is 10. The van der Waals surface area contributed by atoms with Crippen LogP contribution in [0.4, 0.5) is 18.0 Å². The van der Waals surface area contributed by atoms with Gasteiger partial charge in [-0.1, -0.05) is 30.3 Å². The second-order valence-corrected chi connectivity index (χ2v) is 11.2. The number of alkyl halides is 1. The molecule has 5 rings (SSSR count). The summed E-state index contributed by atoms with van der Waals surface area (Å²) >= 11 is 0. The Balaban J connectivity index is 1.64. The summed E-state index contributed by atoms with van der Waals surface area (Å²) in [5.74, 6) is -1.24. The fraction of sp³-hybridized carbons (Fsp3) is 0.484. The Labute approximate surface area is 243 Å². The number of nitrogens with one attached hydrogen (secondary N) is 2. The molecule has 226 valence electrons. The smallest absolute Gasteiger partial charge is 0.318 e. The van der Waals surface area contributed by atoms with Crippen molar-refractivity contribution in [3.8, 4) is 11.3 Å². The molecule has 3 N–H and O–H groups in total. The lowest BCUT2D eigenvalue weighted by atomic mass is 9.89. The molecular formula is C31H38F3N5O3. The van der Waals surface area contributed by atoms with Gasteiger partial charge in [-0.25, -0.2) is 22.9 Å². The Morgan fingerprint density at radius 3 is 2.64 bits per heavy atom. The zero-order valence-corrected chi connectivity index (χ0v) is 23.7. The number of amides is 2. The first-order chi connectivity index (χ1) is 20.3. The van der Waals surface area contributed by atoms with Crippen molar-refractivity contribution in [2.45, 2.75) is 44.6 Å². The molecule has 2 aliphatic heterocycles. The van der Waals surface area contributed by atoms with Crippen LogP contribution in [0.5, 0.6) is 0 Å². The van der Waals surface area contributed by atoms with E-state index in [0.29, 0.717) is 45.0 Å². The number of hydrogen-bond acceptors (Lipinski definition) is 5. The average molecular weight is 586 g/mol. The van der Waals surface area contributed by atoms with Crippen LogP contribution in [0, 0.1) is 23.5 Å². The topological polar surface area (TPSA) is 91.6 Å². The molecule has 2 aliphatic rings. The van der Waals surface area contributed by atoms with Crippen molar-refractivity contribution in [2.75, 3.05) is 39.5 Å².